The first-order valence-corrected chi connectivity index (χ1v) is 10.3. The van der Waals surface area contributed by atoms with E-state index in [-0.39, 0.29) is 11.6 Å². The summed E-state index contributed by atoms with van der Waals surface area (Å²) in [6.45, 7) is 2.12. The minimum atomic E-state index is -3.41. The smallest absolute Gasteiger partial charge is 0.268 e. The van der Waals surface area contributed by atoms with Crippen LogP contribution in [-0.2, 0) is 16.8 Å². The zero-order valence-corrected chi connectivity index (χ0v) is 14.6. The Morgan fingerprint density at radius 1 is 1.04 bits per heavy atom. The Morgan fingerprint density at radius 3 is 2.50 bits per heavy atom. The molecule has 0 N–H and O–H groups in total. The molecule has 2 saturated heterocycles. The second kappa shape index (κ2) is 6.24. The minimum Gasteiger partial charge on any atom is -0.268 e. The van der Waals surface area contributed by atoms with Crippen molar-refractivity contribution in [1.29, 1.82) is 0 Å². The van der Waals surface area contributed by atoms with Gasteiger partial charge in [0.1, 0.15) is 0 Å². The van der Waals surface area contributed by atoms with Gasteiger partial charge in [0, 0.05) is 37.7 Å². The van der Waals surface area contributed by atoms with Gasteiger partial charge in [0.15, 0.2) is 0 Å². The van der Waals surface area contributed by atoms with Crippen molar-refractivity contribution in [2.75, 3.05) is 19.6 Å². The standard InChI is InChI=1S/C16H24N4O3S/c21-16-8-7-15(13-5-6-13)17-19(16)12-14-4-3-11-20(14)24(22,23)18-9-1-2-10-18/h7-8,13-14H,1-6,9-12H2. The van der Waals surface area contributed by atoms with Gasteiger partial charge in [-0.05, 0) is 44.6 Å². The van der Waals surface area contributed by atoms with E-state index in [1.165, 1.54) is 4.68 Å². The quantitative estimate of drug-likeness (QED) is 0.790. The molecule has 0 amide bonds. The van der Waals surface area contributed by atoms with Crippen molar-refractivity contribution in [3.05, 3.63) is 28.2 Å². The minimum absolute atomic E-state index is 0.148. The van der Waals surface area contributed by atoms with E-state index in [4.69, 9.17) is 0 Å². The third-order valence-corrected chi connectivity index (χ3v) is 7.37. The largest absolute Gasteiger partial charge is 0.282 e. The van der Waals surface area contributed by atoms with E-state index in [0.717, 1.165) is 44.2 Å². The van der Waals surface area contributed by atoms with Crippen molar-refractivity contribution in [3.63, 3.8) is 0 Å². The van der Waals surface area contributed by atoms with Crippen molar-refractivity contribution >= 4 is 10.2 Å². The van der Waals surface area contributed by atoms with Gasteiger partial charge in [0.2, 0.25) is 0 Å². The van der Waals surface area contributed by atoms with E-state index < -0.39 is 10.2 Å². The molecule has 1 aromatic rings. The third kappa shape index (κ3) is 3.02. The van der Waals surface area contributed by atoms with Crippen molar-refractivity contribution in [2.24, 2.45) is 0 Å². The first kappa shape index (κ1) is 16.2. The highest BCUT2D eigenvalue weighted by Crippen LogP contribution is 2.38. The summed E-state index contributed by atoms with van der Waals surface area (Å²) in [6.07, 6.45) is 5.75. The number of rotatable bonds is 5. The van der Waals surface area contributed by atoms with Gasteiger partial charge in [0.05, 0.1) is 12.2 Å². The van der Waals surface area contributed by atoms with Crippen LogP contribution in [-0.4, -0.2) is 52.5 Å². The molecule has 3 aliphatic rings. The summed E-state index contributed by atoms with van der Waals surface area (Å²) < 4.78 is 30.3. The molecule has 7 nitrogen and oxygen atoms in total. The molecule has 1 aliphatic carbocycles. The zero-order chi connectivity index (χ0) is 16.7. The van der Waals surface area contributed by atoms with Gasteiger partial charge >= 0.3 is 0 Å². The van der Waals surface area contributed by atoms with Gasteiger partial charge in [-0.3, -0.25) is 4.79 Å². The van der Waals surface area contributed by atoms with Crippen molar-refractivity contribution in [2.45, 2.75) is 57.0 Å². The molecule has 0 aromatic carbocycles. The molecule has 1 saturated carbocycles. The average molecular weight is 352 g/mol. The summed E-state index contributed by atoms with van der Waals surface area (Å²) in [6, 6.07) is 3.20. The number of aromatic nitrogens is 2. The maximum Gasteiger partial charge on any atom is 0.282 e. The van der Waals surface area contributed by atoms with Crippen LogP contribution in [0, 0.1) is 0 Å². The molecule has 0 spiro atoms. The predicted octanol–water partition coefficient (Wildman–Crippen LogP) is 0.926. The van der Waals surface area contributed by atoms with Crippen LogP contribution in [0.4, 0.5) is 0 Å². The lowest BCUT2D eigenvalue weighted by molar-refractivity contribution is 0.308. The molecular formula is C16H24N4O3S. The van der Waals surface area contributed by atoms with Crippen LogP contribution < -0.4 is 5.56 Å². The highest BCUT2D eigenvalue weighted by atomic mass is 32.2. The lowest BCUT2D eigenvalue weighted by Gasteiger charge is -2.28. The summed E-state index contributed by atoms with van der Waals surface area (Å²) in [5.74, 6) is 0.477. The first-order chi connectivity index (χ1) is 11.6. The molecule has 0 radical (unpaired) electrons. The molecule has 1 aromatic heterocycles. The molecule has 3 fully saturated rings. The Morgan fingerprint density at radius 2 is 1.79 bits per heavy atom. The molecule has 24 heavy (non-hydrogen) atoms. The molecule has 1 unspecified atom stereocenters. The Bertz CT molecular complexity index is 766. The van der Waals surface area contributed by atoms with Crippen LogP contribution in [0.5, 0.6) is 0 Å². The Kier molecular flexibility index (Phi) is 4.22. The van der Waals surface area contributed by atoms with E-state index in [1.54, 1.807) is 14.7 Å². The maximum atomic E-state index is 12.8. The molecule has 4 rings (SSSR count). The molecule has 1 atom stereocenters. The molecule has 2 aliphatic heterocycles. The molecule has 3 heterocycles. The fourth-order valence-electron chi connectivity index (χ4n) is 3.75. The predicted molar refractivity (Wildman–Crippen MR) is 89.9 cm³/mol. The fourth-order valence-corrected chi connectivity index (χ4v) is 5.68. The highest BCUT2D eigenvalue weighted by Gasteiger charge is 2.39. The van der Waals surface area contributed by atoms with Gasteiger partial charge in [-0.25, -0.2) is 4.68 Å². The van der Waals surface area contributed by atoms with Crippen LogP contribution in [0.15, 0.2) is 16.9 Å². The maximum absolute atomic E-state index is 12.8. The van der Waals surface area contributed by atoms with Crippen molar-refractivity contribution in [3.8, 4) is 0 Å². The van der Waals surface area contributed by atoms with E-state index in [9.17, 15) is 13.2 Å². The lowest BCUT2D eigenvalue weighted by Crippen LogP contribution is -2.47. The second-order valence-corrected chi connectivity index (χ2v) is 8.95. The number of nitrogens with zero attached hydrogens (tertiary/aromatic N) is 4. The second-order valence-electron chi connectivity index (χ2n) is 7.07. The summed E-state index contributed by atoms with van der Waals surface area (Å²) >= 11 is 0. The number of hydrogen-bond donors (Lipinski definition) is 0. The fraction of sp³-hybridized carbons (Fsp3) is 0.750. The Balaban J connectivity index is 1.55. The molecule has 8 heteroatoms. The van der Waals surface area contributed by atoms with E-state index >= 15 is 0 Å². The Labute approximate surface area is 142 Å². The van der Waals surface area contributed by atoms with Crippen LogP contribution in [0.1, 0.15) is 50.1 Å². The number of hydrogen-bond acceptors (Lipinski definition) is 4. The van der Waals surface area contributed by atoms with Gasteiger partial charge < -0.3 is 0 Å². The third-order valence-electron chi connectivity index (χ3n) is 5.28. The lowest BCUT2D eigenvalue weighted by atomic mass is 10.2. The van der Waals surface area contributed by atoms with Crippen molar-refractivity contribution < 1.29 is 8.42 Å². The van der Waals surface area contributed by atoms with Gasteiger partial charge in [0.25, 0.3) is 15.8 Å². The van der Waals surface area contributed by atoms with E-state index in [1.807, 2.05) is 6.07 Å². The van der Waals surface area contributed by atoms with Crippen LogP contribution in [0.2, 0.25) is 0 Å². The van der Waals surface area contributed by atoms with Gasteiger partial charge in [-0.2, -0.15) is 22.1 Å². The van der Waals surface area contributed by atoms with Gasteiger partial charge in [-0.15, -0.1) is 0 Å². The highest BCUT2D eigenvalue weighted by molar-refractivity contribution is 7.86. The van der Waals surface area contributed by atoms with E-state index in [0.29, 0.717) is 32.1 Å². The van der Waals surface area contributed by atoms with Crippen LogP contribution in [0.25, 0.3) is 0 Å². The monoisotopic (exact) mass is 352 g/mol. The summed E-state index contributed by atoms with van der Waals surface area (Å²) in [5.41, 5.74) is 0.811. The summed E-state index contributed by atoms with van der Waals surface area (Å²) in [5, 5.41) is 4.48. The molecule has 0 bridgehead atoms. The summed E-state index contributed by atoms with van der Waals surface area (Å²) in [4.78, 5) is 12.1. The normalized spacial score (nSPS) is 26.2. The van der Waals surface area contributed by atoms with Crippen LogP contribution in [0.3, 0.4) is 0 Å². The Hall–Kier alpha value is -1.25. The molecular weight excluding hydrogens is 328 g/mol. The van der Waals surface area contributed by atoms with Crippen molar-refractivity contribution in [1.82, 2.24) is 18.4 Å². The zero-order valence-electron chi connectivity index (χ0n) is 13.8. The first-order valence-electron chi connectivity index (χ1n) is 8.91. The molecule has 132 valence electrons. The van der Waals surface area contributed by atoms with E-state index in [2.05, 4.69) is 5.10 Å². The van der Waals surface area contributed by atoms with Gasteiger partial charge in [-0.1, -0.05) is 0 Å². The SMILES string of the molecule is O=c1ccc(C2CC2)nn1CC1CCCN1S(=O)(=O)N1CCCC1. The average Bonchev–Trinajstić information content (AvgIpc) is 3.06. The van der Waals surface area contributed by atoms with Crippen LogP contribution >= 0.6 is 0 Å². The topological polar surface area (TPSA) is 75.5 Å². The summed E-state index contributed by atoms with van der Waals surface area (Å²) in [7, 11) is -3.41.